The second kappa shape index (κ2) is 6.74. The third kappa shape index (κ3) is 3.40. The fourth-order valence-corrected chi connectivity index (χ4v) is 2.40. The molecule has 0 atom stereocenters. The number of ether oxygens (including phenoxy) is 2. The third-order valence-electron chi connectivity index (χ3n) is 3.82. The summed E-state index contributed by atoms with van der Waals surface area (Å²) in [5.41, 5.74) is 0.637. The molecule has 0 unspecified atom stereocenters. The zero-order valence-corrected chi connectivity index (χ0v) is 13.5. The Morgan fingerprint density at radius 1 is 1.33 bits per heavy atom. The minimum Gasteiger partial charge on any atom is -0.497 e. The number of methoxy groups -OCH3 is 2. The van der Waals surface area contributed by atoms with E-state index in [0.717, 1.165) is 12.8 Å². The molecule has 1 fully saturated rings. The number of carbonyl (C=O) groups is 2. The van der Waals surface area contributed by atoms with Gasteiger partial charge in [0.1, 0.15) is 12.0 Å². The van der Waals surface area contributed by atoms with Crippen LogP contribution in [0.4, 0.5) is 0 Å². The van der Waals surface area contributed by atoms with Crippen molar-refractivity contribution in [3.05, 3.63) is 47.7 Å². The maximum Gasteiger partial charge on any atom is 0.360 e. The van der Waals surface area contributed by atoms with Crippen molar-refractivity contribution < 1.29 is 23.5 Å². The number of rotatable bonds is 6. The minimum atomic E-state index is -0.568. The van der Waals surface area contributed by atoms with Crippen molar-refractivity contribution in [2.24, 2.45) is 0 Å². The van der Waals surface area contributed by atoms with Gasteiger partial charge in [0, 0.05) is 11.6 Å². The molecule has 0 aliphatic heterocycles. The summed E-state index contributed by atoms with van der Waals surface area (Å²) in [4.78, 5) is 30.0. The molecule has 24 heavy (non-hydrogen) atoms. The van der Waals surface area contributed by atoms with Crippen LogP contribution < -0.4 is 4.74 Å². The molecule has 0 bridgehead atoms. The maximum absolute atomic E-state index is 12.8. The minimum absolute atomic E-state index is 0.0945. The zero-order chi connectivity index (χ0) is 17.1. The van der Waals surface area contributed by atoms with Gasteiger partial charge in [-0.15, -0.1) is 0 Å². The van der Waals surface area contributed by atoms with Gasteiger partial charge in [0.25, 0.3) is 5.91 Å². The molecule has 3 rings (SSSR count). The Hall–Kier alpha value is -2.83. The van der Waals surface area contributed by atoms with Gasteiger partial charge in [-0.3, -0.25) is 4.79 Å². The summed E-state index contributed by atoms with van der Waals surface area (Å²) in [5.74, 6) is 0.246. The van der Waals surface area contributed by atoms with Gasteiger partial charge >= 0.3 is 5.97 Å². The smallest absolute Gasteiger partial charge is 0.360 e. The fourth-order valence-electron chi connectivity index (χ4n) is 2.40. The lowest BCUT2D eigenvalue weighted by Gasteiger charge is -2.21. The van der Waals surface area contributed by atoms with E-state index in [1.54, 1.807) is 36.3 Å². The molecule has 1 aliphatic rings. The van der Waals surface area contributed by atoms with Gasteiger partial charge in [-0.1, -0.05) is 6.07 Å². The number of amides is 1. The second-order valence-electron chi connectivity index (χ2n) is 5.51. The molecule has 1 heterocycles. The van der Waals surface area contributed by atoms with E-state index in [4.69, 9.17) is 9.15 Å². The maximum atomic E-state index is 12.8. The van der Waals surface area contributed by atoms with Crippen LogP contribution in [0.1, 0.15) is 39.6 Å². The molecule has 0 saturated heterocycles. The van der Waals surface area contributed by atoms with Crippen LogP contribution in [0.3, 0.4) is 0 Å². The quantitative estimate of drug-likeness (QED) is 0.756. The number of hydrogen-bond acceptors (Lipinski definition) is 6. The number of aromatic nitrogens is 1. The predicted molar refractivity (Wildman–Crippen MR) is 83.7 cm³/mol. The van der Waals surface area contributed by atoms with Crippen molar-refractivity contribution >= 4 is 11.9 Å². The van der Waals surface area contributed by atoms with Gasteiger partial charge in [0.2, 0.25) is 5.89 Å². The Kier molecular flexibility index (Phi) is 4.50. The van der Waals surface area contributed by atoms with Crippen molar-refractivity contribution in [3.8, 4) is 5.75 Å². The highest BCUT2D eigenvalue weighted by Gasteiger charge is 2.34. The van der Waals surface area contributed by atoms with Crippen molar-refractivity contribution in [3.63, 3.8) is 0 Å². The number of oxazole rings is 1. The number of carbonyl (C=O) groups excluding carboxylic acids is 2. The average molecular weight is 330 g/mol. The van der Waals surface area contributed by atoms with Gasteiger partial charge in [-0.05, 0) is 31.0 Å². The predicted octanol–water partition coefficient (Wildman–Crippen LogP) is 2.27. The van der Waals surface area contributed by atoms with Crippen LogP contribution in [-0.2, 0) is 11.3 Å². The number of esters is 1. The molecule has 1 aliphatic carbocycles. The lowest BCUT2D eigenvalue weighted by Crippen LogP contribution is -2.32. The first kappa shape index (κ1) is 16.0. The van der Waals surface area contributed by atoms with Gasteiger partial charge < -0.3 is 18.8 Å². The van der Waals surface area contributed by atoms with E-state index >= 15 is 0 Å². The van der Waals surface area contributed by atoms with E-state index in [2.05, 4.69) is 9.72 Å². The Morgan fingerprint density at radius 3 is 2.79 bits per heavy atom. The molecule has 7 heteroatoms. The summed E-state index contributed by atoms with van der Waals surface area (Å²) < 4.78 is 15.1. The molecule has 1 saturated carbocycles. The van der Waals surface area contributed by atoms with E-state index in [0.29, 0.717) is 17.2 Å². The molecule has 0 N–H and O–H groups in total. The van der Waals surface area contributed by atoms with Crippen LogP contribution in [0.15, 0.2) is 34.9 Å². The number of hydrogen-bond donors (Lipinski definition) is 0. The molecule has 1 amide bonds. The van der Waals surface area contributed by atoms with Crippen molar-refractivity contribution in [1.82, 2.24) is 9.88 Å². The first-order chi connectivity index (χ1) is 11.6. The molecule has 1 aromatic heterocycles. The monoisotopic (exact) mass is 330 g/mol. The van der Waals surface area contributed by atoms with Crippen LogP contribution in [0.5, 0.6) is 5.75 Å². The lowest BCUT2D eigenvalue weighted by atomic mass is 10.2. The van der Waals surface area contributed by atoms with Crippen LogP contribution in [-0.4, -0.2) is 42.0 Å². The largest absolute Gasteiger partial charge is 0.497 e. The van der Waals surface area contributed by atoms with E-state index in [1.807, 2.05) is 0 Å². The van der Waals surface area contributed by atoms with Gasteiger partial charge in [-0.25, -0.2) is 9.78 Å². The summed E-state index contributed by atoms with van der Waals surface area (Å²) in [6.45, 7) is 0.206. The van der Waals surface area contributed by atoms with E-state index < -0.39 is 5.97 Å². The standard InChI is InChI=1S/C17H18N2O5/c1-22-13-5-3-4-11(8-13)16(20)19(12-6-7-12)9-15-18-14(10-24-15)17(21)23-2/h3-5,8,10,12H,6-7,9H2,1-2H3. The Bertz CT molecular complexity index is 751. The molecule has 0 spiro atoms. The van der Waals surface area contributed by atoms with Crippen LogP contribution in [0.2, 0.25) is 0 Å². The van der Waals surface area contributed by atoms with E-state index in [9.17, 15) is 9.59 Å². The highest BCUT2D eigenvalue weighted by molar-refractivity contribution is 5.95. The molecular formula is C17H18N2O5. The summed E-state index contributed by atoms with van der Waals surface area (Å²) in [6.07, 6.45) is 3.13. The lowest BCUT2D eigenvalue weighted by molar-refractivity contribution is 0.0594. The van der Waals surface area contributed by atoms with Gasteiger partial charge in [0.05, 0.1) is 20.8 Å². The zero-order valence-electron chi connectivity index (χ0n) is 13.5. The molecule has 1 aromatic carbocycles. The van der Waals surface area contributed by atoms with Crippen LogP contribution >= 0.6 is 0 Å². The first-order valence-corrected chi connectivity index (χ1v) is 7.60. The van der Waals surface area contributed by atoms with Gasteiger partial charge in [-0.2, -0.15) is 0 Å². The van der Waals surface area contributed by atoms with Crippen molar-refractivity contribution in [2.75, 3.05) is 14.2 Å². The Balaban J connectivity index is 1.78. The highest BCUT2D eigenvalue weighted by atomic mass is 16.5. The normalized spacial score (nSPS) is 13.4. The molecule has 2 aromatic rings. The first-order valence-electron chi connectivity index (χ1n) is 7.60. The molecule has 7 nitrogen and oxygen atoms in total. The van der Waals surface area contributed by atoms with Crippen molar-refractivity contribution in [1.29, 1.82) is 0 Å². The van der Waals surface area contributed by atoms with Gasteiger partial charge in [0.15, 0.2) is 5.69 Å². The Labute approximate surface area is 139 Å². The fraction of sp³-hybridized carbons (Fsp3) is 0.353. The number of benzene rings is 1. The van der Waals surface area contributed by atoms with E-state index in [-0.39, 0.29) is 24.2 Å². The van der Waals surface area contributed by atoms with Crippen LogP contribution in [0.25, 0.3) is 0 Å². The highest BCUT2D eigenvalue weighted by Crippen LogP contribution is 2.30. The van der Waals surface area contributed by atoms with E-state index in [1.165, 1.54) is 13.4 Å². The molecule has 0 radical (unpaired) electrons. The summed E-state index contributed by atoms with van der Waals surface area (Å²) >= 11 is 0. The summed E-state index contributed by atoms with van der Waals surface area (Å²) in [6, 6.07) is 7.17. The topological polar surface area (TPSA) is 81.9 Å². The third-order valence-corrected chi connectivity index (χ3v) is 3.82. The second-order valence-corrected chi connectivity index (χ2v) is 5.51. The SMILES string of the molecule is COC(=O)c1coc(CN(C(=O)c2cccc(OC)c2)C2CC2)n1. The Morgan fingerprint density at radius 2 is 2.12 bits per heavy atom. The van der Waals surface area contributed by atoms with Crippen LogP contribution in [0, 0.1) is 0 Å². The van der Waals surface area contributed by atoms with Crippen molar-refractivity contribution in [2.45, 2.75) is 25.4 Å². The summed E-state index contributed by atoms with van der Waals surface area (Å²) in [7, 11) is 2.84. The molecule has 126 valence electrons. The number of nitrogens with zero attached hydrogens (tertiary/aromatic N) is 2. The average Bonchev–Trinajstić information content (AvgIpc) is 3.36. The summed E-state index contributed by atoms with van der Waals surface area (Å²) in [5, 5.41) is 0. The molecular weight excluding hydrogens is 312 g/mol.